The van der Waals surface area contributed by atoms with Crippen LogP contribution in [-0.4, -0.2) is 62.2 Å². The van der Waals surface area contributed by atoms with Crippen molar-refractivity contribution in [3.05, 3.63) is 59.4 Å². The predicted octanol–water partition coefficient (Wildman–Crippen LogP) is 1.04. The molecule has 2 aromatic carbocycles. The van der Waals surface area contributed by atoms with Gasteiger partial charge in [0.05, 0.1) is 6.42 Å². The molecule has 0 radical (unpaired) electrons. The Morgan fingerprint density at radius 3 is 2.16 bits per heavy atom. The summed E-state index contributed by atoms with van der Waals surface area (Å²) in [5.41, 5.74) is 5.82. The first kappa shape index (κ1) is 23.5. The lowest BCUT2D eigenvalue weighted by atomic mass is 10.1. The lowest BCUT2D eigenvalue weighted by Crippen LogP contribution is -2.51. The SMILES string of the molecule is NC(=O)Cc1ccc(OCC(=O)N2CCN(S(=O)(=O)c3ccc(F)c(F)c3F)CC2)cc1. The Balaban J connectivity index is 1.55. The van der Waals surface area contributed by atoms with E-state index in [0.29, 0.717) is 23.4 Å². The summed E-state index contributed by atoms with van der Waals surface area (Å²) in [7, 11) is -4.40. The van der Waals surface area contributed by atoms with Crippen molar-refractivity contribution >= 4 is 21.8 Å². The van der Waals surface area contributed by atoms with Gasteiger partial charge in [0.2, 0.25) is 15.9 Å². The molecular formula is C20H20F3N3O5S. The summed E-state index contributed by atoms with van der Waals surface area (Å²) in [6, 6.07) is 7.68. The van der Waals surface area contributed by atoms with Crippen molar-refractivity contribution < 1.29 is 35.9 Å². The number of amides is 2. The number of benzene rings is 2. The van der Waals surface area contributed by atoms with Crippen molar-refractivity contribution in [1.82, 2.24) is 9.21 Å². The molecular weight excluding hydrogens is 451 g/mol. The summed E-state index contributed by atoms with van der Waals surface area (Å²) >= 11 is 0. The van der Waals surface area contributed by atoms with Gasteiger partial charge in [-0.15, -0.1) is 0 Å². The van der Waals surface area contributed by atoms with Gasteiger partial charge in [0, 0.05) is 26.2 Å². The van der Waals surface area contributed by atoms with E-state index in [-0.39, 0.29) is 45.1 Å². The zero-order valence-corrected chi connectivity index (χ0v) is 17.6. The van der Waals surface area contributed by atoms with Gasteiger partial charge >= 0.3 is 0 Å². The fourth-order valence-electron chi connectivity index (χ4n) is 3.17. The number of halogens is 3. The highest BCUT2D eigenvalue weighted by Gasteiger charge is 2.33. The van der Waals surface area contributed by atoms with E-state index in [0.717, 1.165) is 4.31 Å². The molecule has 8 nitrogen and oxygen atoms in total. The topological polar surface area (TPSA) is 110 Å². The maximum Gasteiger partial charge on any atom is 0.260 e. The number of piperazine rings is 1. The van der Waals surface area contributed by atoms with E-state index >= 15 is 0 Å². The van der Waals surface area contributed by atoms with E-state index in [1.165, 1.54) is 4.90 Å². The van der Waals surface area contributed by atoms with Gasteiger partial charge < -0.3 is 15.4 Å². The van der Waals surface area contributed by atoms with Crippen LogP contribution in [0.3, 0.4) is 0 Å². The van der Waals surface area contributed by atoms with Crippen molar-refractivity contribution in [2.24, 2.45) is 5.73 Å². The number of rotatable bonds is 7. The van der Waals surface area contributed by atoms with Crippen molar-refractivity contribution in [1.29, 1.82) is 0 Å². The second-order valence-corrected chi connectivity index (χ2v) is 8.94. The molecule has 0 unspecified atom stereocenters. The lowest BCUT2D eigenvalue weighted by molar-refractivity contribution is -0.134. The lowest BCUT2D eigenvalue weighted by Gasteiger charge is -2.34. The molecule has 172 valence electrons. The molecule has 2 amide bonds. The second-order valence-electron chi connectivity index (χ2n) is 7.03. The Kier molecular flexibility index (Phi) is 7.04. The number of primary amides is 1. The van der Waals surface area contributed by atoms with E-state index in [1.54, 1.807) is 24.3 Å². The molecule has 0 atom stereocenters. The molecule has 32 heavy (non-hydrogen) atoms. The summed E-state index contributed by atoms with van der Waals surface area (Å²) in [4.78, 5) is 23.7. The molecule has 0 bridgehead atoms. The standard InChI is InChI=1S/C20H20F3N3O5S/c21-15-5-6-16(20(23)19(15)22)32(29,30)26-9-7-25(8-10-26)18(28)12-31-14-3-1-13(2-4-14)11-17(24)27/h1-6H,7-12H2,(H2,24,27). The largest absolute Gasteiger partial charge is 0.484 e. The van der Waals surface area contributed by atoms with E-state index in [1.807, 2.05) is 0 Å². The van der Waals surface area contributed by atoms with Crippen LogP contribution in [0.25, 0.3) is 0 Å². The molecule has 1 aliphatic rings. The van der Waals surface area contributed by atoms with Crippen molar-refractivity contribution in [3.63, 3.8) is 0 Å². The third-order valence-electron chi connectivity index (χ3n) is 4.87. The first-order valence-corrected chi connectivity index (χ1v) is 10.9. The highest BCUT2D eigenvalue weighted by molar-refractivity contribution is 7.89. The van der Waals surface area contributed by atoms with Gasteiger partial charge in [-0.1, -0.05) is 12.1 Å². The van der Waals surface area contributed by atoms with E-state index in [9.17, 15) is 31.2 Å². The van der Waals surface area contributed by atoms with Gasteiger partial charge in [-0.25, -0.2) is 21.6 Å². The number of carbonyl (C=O) groups excluding carboxylic acids is 2. The summed E-state index contributed by atoms with van der Waals surface area (Å²) < 4.78 is 72.0. The molecule has 12 heteroatoms. The van der Waals surface area contributed by atoms with Crippen LogP contribution in [0.1, 0.15) is 5.56 Å². The minimum Gasteiger partial charge on any atom is -0.484 e. The number of sulfonamides is 1. The zero-order valence-electron chi connectivity index (χ0n) is 16.8. The van der Waals surface area contributed by atoms with E-state index < -0.39 is 38.3 Å². The van der Waals surface area contributed by atoms with Gasteiger partial charge in [0.25, 0.3) is 5.91 Å². The van der Waals surface area contributed by atoms with Crippen molar-refractivity contribution in [3.8, 4) is 5.75 Å². The Morgan fingerprint density at radius 1 is 0.938 bits per heavy atom. The highest BCUT2D eigenvalue weighted by atomic mass is 32.2. The minimum absolute atomic E-state index is 0.0181. The smallest absolute Gasteiger partial charge is 0.260 e. The Labute approximate surface area is 182 Å². The molecule has 0 aromatic heterocycles. The molecule has 1 saturated heterocycles. The number of hydrogen-bond donors (Lipinski definition) is 1. The van der Waals surface area contributed by atoms with Crippen LogP contribution in [0.4, 0.5) is 13.2 Å². The van der Waals surface area contributed by atoms with Crippen LogP contribution >= 0.6 is 0 Å². The Bertz CT molecular complexity index is 1120. The van der Waals surface area contributed by atoms with Crippen LogP contribution in [0.5, 0.6) is 5.75 Å². The number of ether oxygens (including phenoxy) is 1. The number of nitrogens with two attached hydrogens (primary N) is 1. The van der Waals surface area contributed by atoms with Crippen molar-refractivity contribution in [2.45, 2.75) is 11.3 Å². The summed E-state index contributed by atoms with van der Waals surface area (Å²) in [6.45, 7) is -0.545. The molecule has 2 aromatic rings. The highest BCUT2D eigenvalue weighted by Crippen LogP contribution is 2.24. The summed E-state index contributed by atoms with van der Waals surface area (Å²) in [6.07, 6.45) is 0.0842. The fraction of sp³-hybridized carbons (Fsp3) is 0.300. The molecule has 1 aliphatic heterocycles. The average Bonchev–Trinajstić information content (AvgIpc) is 2.76. The molecule has 2 N–H and O–H groups in total. The monoisotopic (exact) mass is 471 g/mol. The normalized spacial score (nSPS) is 14.9. The van der Waals surface area contributed by atoms with Gasteiger partial charge in [-0.3, -0.25) is 9.59 Å². The molecule has 0 spiro atoms. The maximum atomic E-state index is 13.9. The van der Waals surface area contributed by atoms with Crippen LogP contribution in [0.2, 0.25) is 0 Å². The molecule has 3 rings (SSSR count). The average molecular weight is 471 g/mol. The van der Waals surface area contributed by atoms with Crippen LogP contribution in [0, 0.1) is 17.5 Å². The van der Waals surface area contributed by atoms with Gasteiger partial charge in [-0.2, -0.15) is 4.31 Å². The number of nitrogens with zero attached hydrogens (tertiary/aromatic N) is 2. The second kappa shape index (κ2) is 9.57. The van der Waals surface area contributed by atoms with Gasteiger partial charge in [0.1, 0.15) is 10.6 Å². The van der Waals surface area contributed by atoms with Gasteiger partial charge in [0.15, 0.2) is 24.1 Å². The maximum absolute atomic E-state index is 13.9. The quantitative estimate of drug-likeness (QED) is 0.607. The van der Waals surface area contributed by atoms with E-state index in [2.05, 4.69) is 0 Å². The molecule has 0 aliphatic carbocycles. The van der Waals surface area contributed by atoms with E-state index in [4.69, 9.17) is 10.5 Å². The zero-order chi connectivity index (χ0) is 23.5. The fourth-order valence-corrected chi connectivity index (χ4v) is 4.64. The molecule has 0 saturated carbocycles. The molecule has 1 fully saturated rings. The third-order valence-corrected chi connectivity index (χ3v) is 6.79. The first-order valence-electron chi connectivity index (χ1n) is 9.51. The van der Waals surface area contributed by atoms with Crippen LogP contribution in [-0.2, 0) is 26.0 Å². The minimum atomic E-state index is -4.40. The summed E-state index contributed by atoms with van der Waals surface area (Å²) in [5.74, 6) is -5.58. The summed E-state index contributed by atoms with van der Waals surface area (Å²) in [5, 5.41) is 0. The molecule has 1 heterocycles. The predicted molar refractivity (Wildman–Crippen MR) is 106 cm³/mol. The Morgan fingerprint density at radius 2 is 1.56 bits per heavy atom. The number of carbonyl (C=O) groups is 2. The van der Waals surface area contributed by atoms with Gasteiger partial charge in [-0.05, 0) is 29.8 Å². The Hall–Kier alpha value is -3.12. The third kappa shape index (κ3) is 5.19. The number of hydrogen-bond acceptors (Lipinski definition) is 5. The first-order chi connectivity index (χ1) is 15.1. The van der Waals surface area contributed by atoms with Crippen LogP contribution in [0.15, 0.2) is 41.3 Å². The van der Waals surface area contributed by atoms with Crippen molar-refractivity contribution in [2.75, 3.05) is 32.8 Å². The van der Waals surface area contributed by atoms with Crippen LogP contribution < -0.4 is 10.5 Å².